The largest absolute Gasteiger partial charge is 0.370 e. The third-order valence-electron chi connectivity index (χ3n) is 3.59. The van der Waals surface area contributed by atoms with E-state index in [1.54, 1.807) is 0 Å². The maximum absolute atomic E-state index is 10.7. The minimum Gasteiger partial charge on any atom is -0.370 e. The minimum absolute atomic E-state index is 0.639. The van der Waals surface area contributed by atoms with Gasteiger partial charge < -0.3 is 9.80 Å². The molecule has 1 aromatic rings. The van der Waals surface area contributed by atoms with Crippen molar-refractivity contribution in [1.29, 1.82) is 0 Å². The van der Waals surface area contributed by atoms with Crippen LogP contribution >= 0.6 is 0 Å². The van der Waals surface area contributed by atoms with E-state index in [1.165, 1.54) is 17.7 Å². The number of hydrogen-bond acceptors (Lipinski definition) is 3. The van der Waals surface area contributed by atoms with Crippen molar-refractivity contribution in [2.75, 3.05) is 32.1 Å². The number of aryl methyl sites for hydroxylation is 1. The quantitative estimate of drug-likeness (QED) is 0.744. The Labute approximate surface area is 103 Å². The highest BCUT2D eigenvalue weighted by atomic mass is 16.1. The van der Waals surface area contributed by atoms with Crippen LogP contribution in [0.3, 0.4) is 0 Å². The summed E-state index contributed by atoms with van der Waals surface area (Å²) >= 11 is 0. The van der Waals surface area contributed by atoms with Crippen LogP contribution in [0.15, 0.2) is 18.2 Å². The molecule has 0 amide bonds. The van der Waals surface area contributed by atoms with E-state index in [1.807, 2.05) is 12.1 Å². The number of aldehydes is 1. The predicted molar refractivity (Wildman–Crippen MR) is 70.9 cm³/mol. The van der Waals surface area contributed by atoms with Crippen LogP contribution in [0, 0.1) is 6.92 Å². The summed E-state index contributed by atoms with van der Waals surface area (Å²) in [5, 5.41) is 0. The highest BCUT2D eigenvalue weighted by Crippen LogP contribution is 2.25. The summed E-state index contributed by atoms with van der Waals surface area (Å²) in [4.78, 5) is 15.4. The molecule has 0 aromatic heterocycles. The van der Waals surface area contributed by atoms with Crippen LogP contribution in [0.5, 0.6) is 0 Å². The van der Waals surface area contributed by atoms with Crippen molar-refractivity contribution in [2.45, 2.75) is 19.4 Å². The van der Waals surface area contributed by atoms with E-state index in [0.717, 1.165) is 24.9 Å². The molecule has 1 atom stereocenters. The number of nitrogens with zero attached hydrogens (tertiary/aromatic N) is 2. The molecule has 1 aliphatic heterocycles. The van der Waals surface area contributed by atoms with Crippen LogP contribution < -0.4 is 4.90 Å². The van der Waals surface area contributed by atoms with Crippen molar-refractivity contribution in [3.63, 3.8) is 0 Å². The molecule has 0 N–H and O–H groups in total. The molecule has 0 aliphatic carbocycles. The van der Waals surface area contributed by atoms with Crippen molar-refractivity contribution in [1.82, 2.24) is 4.90 Å². The van der Waals surface area contributed by atoms with Crippen molar-refractivity contribution in [3.8, 4) is 0 Å². The Hall–Kier alpha value is -1.35. The fraction of sp³-hybridized carbons (Fsp3) is 0.500. The molecule has 0 bridgehead atoms. The zero-order valence-electron chi connectivity index (χ0n) is 10.8. The first-order chi connectivity index (χ1) is 8.11. The maximum atomic E-state index is 10.7. The molecule has 0 saturated carbocycles. The molecule has 0 spiro atoms. The van der Waals surface area contributed by atoms with Crippen LogP contribution in [-0.2, 0) is 0 Å². The van der Waals surface area contributed by atoms with E-state index in [0.29, 0.717) is 6.04 Å². The molecule has 1 aliphatic rings. The van der Waals surface area contributed by atoms with E-state index in [2.05, 4.69) is 36.9 Å². The molecule has 2 rings (SSSR count). The number of carbonyl (C=O) groups is 1. The molecule has 1 heterocycles. The first-order valence-electron chi connectivity index (χ1n) is 6.09. The van der Waals surface area contributed by atoms with Crippen LogP contribution in [0.1, 0.15) is 22.3 Å². The summed E-state index contributed by atoms with van der Waals surface area (Å²) in [6.45, 7) is 4.25. The van der Waals surface area contributed by atoms with Crippen LogP contribution in [-0.4, -0.2) is 44.4 Å². The lowest BCUT2D eigenvalue weighted by atomic mass is 10.1. The summed E-state index contributed by atoms with van der Waals surface area (Å²) in [5.41, 5.74) is 3.21. The molecular formula is C14H20N2O. The second-order valence-corrected chi connectivity index (χ2v) is 5.02. The lowest BCUT2D eigenvalue weighted by Crippen LogP contribution is -2.31. The number of carbonyl (C=O) groups excluding carboxylic acids is 1. The number of likely N-dealkylation sites (N-methyl/N-ethyl adjacent to an activating group) is 1. The molecule has 1 fully saturated rings. The van der Waals surface area contributed by atoms with E-state index in [4.69, 9.17) is 0 Å². The van der Waals surface area contributed by atoms with Gasteiger partial charge in [-0.2, -0.15) is 0 Å². The first kappa shape index (κ1) is 12.1. The number of anilines is 1. The van der Waals surface area contributed by atoms with Gasteiger partial charge in [0.1, 0.15) is 6.29 Å². The highest BCUT2D eigenvalue weighted by Gasteiger charge is 2.24. The minimum atomic E-state index is 0.639. The monoisotopic (exact) mass is 232 g/mol. The second-order valence-electron chi connectivity index (χ2n) is 5.02. The molecular weight excluding hydrogens is 212 g/mol. The number of hydrogen-bond donors (Lipinski definition) is 0. The van der Waals surface area contributed by atoms with Gasteiger partial charge in [-0.1, -0.05) is 0 Å². The normalized spacial score (nSPS) is 20.0. The summed E-state index contributed by atoms with van der Waals surface area (Å²) in [6.07, 6.45) is 2.12. The van der Waals surface area contributed by atoms with Gasteiger partial charge in [-0.3, -0.25) is 4.79 Å². The standard InChI is InChI=1S/C14H20N2O/c1-11-8-12(10-17)4-5-14(11)16-7-6-13(9-16)15(2)3/h4-5,8,10,13H,6-7,9H2,1-3H3. The molecule has 1 aromatic carbocycles. The van der Waals surface area contributed by atoms with Gasteiger partial charge in [0.25, 0.3) is 0 Å². The Morgan fingerprint density at radius 1 is 1.41 bits per heavy atom. The van der Waals surface area contributed by atoms with E-state index >= 15 is 0 Å². The maximum Gasteiger partial charge on any atom is 0.150 e. The van der Waals surface area contributed by atoms with Crippen molar-refractivity contribution >= 4 is 12.0 Å². The fourth-order valence-corrected chi connectivity index (χ4v) is 2.49. The van der Waals surface area contributed by atoms with Crippen molar-refractivity contribution in [3.05, 3.63) is 29.3 Å². The third kappa shape index (κ3) is 2.50. The van der Waals surface area contributed by atoms with Gasteiger partial charge in [-0.25, -0.2) is 0 Å². The Balaban J connectivity index is 2.16. The Morgan fingerprint density at radius 3 is 2.71 bits per heavy atom. The number of benzene rings is 1. The smallest absolute Gasteiger partial charge is 0.150 e. The van der Waals surface area contributed by atoms with E-state index in [-0.39, 0.29) is 0 Å². The van der Waals surface area contributed by atoms with Crippen LogP contribution in [0.2, 0.25) is 0 Å². The topological polar surface area (TPSA) is 23.6 Å². The lowest BCUT2D eigenvalue weighted by molar-refractivity contribution is 0.112. The average Bonchev–Trinajstić information content (AvgIpc) is 2.78. The SMILES string of the molecule is Cc1cc(C=O)ccc1N1CCC(N(C)C)C1. The number of rotatable bonds is 3. The molecule has 17 heavy (non-hydrogen) atoms. The van der Waals surface area contributed by atoms with Gasteiger partial charge in [0.15, 0.2) is 0 Å². The van der Waals surface area contributed by atoms with Crippen molar-refractivity contribution in [2.24, 2.45) is 0 Å². The fourth-order valence-electron chi connectivity index (χ4n) is 2.49. The van der Waals surface area contributed by atoms with Gasteiger partial charge in [-0.05, 0) is 51.2 Å². The first-order valence-corrected chi connectivity index (χ1v) is 6.09. The summed E-state index contributed by atoms with van der Waals surface area (Å²) < 4.78 is 0. The summed E-state index contributed by atoms with van der Waals surface area (Å²) in [6, 6.07) is 6.57. The second kappa shape index (κ2) is 4.88. The van der Waals surface area contributed by atoms with Crippen LogP contribution in [0.25, 0.3) is 0 Å². The average molecular weight is 232 g/mol. The molecule has 3 nitrogen and oxygen atoms in total. The van der Waals surface area contributed by atoms with Crippen molar-refractivity contribution < 1.29 is 4.79 Å². The zero-order valence-corrected chi connectivity index (χ0v) is 10.8. The van der Waals surface area contributed by atoms with E-state index in [9.17, 15) is 4.79 Å². The summed E-state index contributed by atoms with van der Waals surface area (Å²) in [7, 11) is 4.27. The van der Waals surface area contributed by atoms with Gasteiger partial charge >= 0.3 is 0 Å². The van der Waals surface area contributed by atoms with Gasteiger partial charge in [-0.15, -0.1) is 0 Å². The molecule has 0 radical (unpaired) electrons. The van der Waals surface area contributed by atoms with Gasteiger partial charge in [0.2, 0.25) is 0 Å². The molecule has 1 saturated heterocycles. The highest BCUT2D eigenvalue weighted by molar-refractivity contribution is 5.77. The Morgan fingerprint density at radius 2 is 2.18 bits per heavy atom. The summed E-state index contributed by atoms with van der Waals surface area (Å²) in [5.74, 6) is 0. The predicted octanol–water partition coefficient (Wildman–Crippen LogP) is 1.95. The van der Waals surface area contributed by atoms with E-state index < -0.39 is 0 Å². The lowest BCUT2D eigenvalue weighted by Gasteiger charge is -2.23. The van der Waals surface area contributed by atoms with Crippen LogP contribution in [0.4, 0.5) is 5.69 Å². The zero-order chi connectivity index (χ0) is 12.4. The third-order valence-corrected chi connectivity index (χ3v) is 3.59. The molecule has 1 unspecified atom stereocenters. The molecule has 3 heteroatoms. The van der Waals surface area contributed by atoms with Gasteiger partial charge in [0.05, 0.1) is 0 Å². The Bertz CT molecular complexity index is 415. The Kier molecular flexibility index (Phi) is 3.48. The molecule has 92 valence electrons. The van der Waals surface area contributed by atoms with Gasteiger partial charge in [0, 0.05) is 30.4 Å².